The number of aryl methyl sites for hydroxylation is 1. The second kappa shape index (κ2) is 14.2. The molecule has 0 N–H and O–H groups in total. The Hall–Kier alpha value is -2.82. The zero-order chi connectivity index (χ0) is 25.9. The lowest BCUT2D eigenvalue weighted by molar-refractivity contribution is -0.117. The van der Waals surface area contributed by atoms with Crippen LogP contribution in [0.15, 0.2) is 48.5 Å². The SMILES string of the molecule is CCCCCCCCCCCCCCn1c(C2CC(=O)N(c3ccccc3OC)C2)nc2ccccc21. The van der Waals surface area contributed by atoms with Crippen LogP contribution in [0.1, 0.15) is 102 Å². The number of anilines is 1. The highest BCUT2D eigenvalue weighted by Gasteiger charge is 2.35. The highest BCUT2D eigenvalue weighted by Crippen LogP contribution is 2.37. The molecule has 1 amide bonds. The average Bonchev–Trinajstić information content (AvgIpc) is 3.49. The Balaban J connectivity index is 1.31. The van der Waals surface area contributed by atoms with Crippen molar-refractivity contribution < 1.29 is 9.53 Å². The van der Waals surface area contributed by atoms with Crippen molar-refractivity contribution in [2.75, 3.05) is 18.6 Å². The molecule has 2 heterocycles. The van der Waals surface area contributed by atoms with Crippen LogP contribution in [-0.2, 0) is 11.3 Å². The summed E-state index contributed by atoms with van der Waals surface area (Å²) in [6.07, 6.45) is 16.7. The Labute approximate surface area is 223 Å². The van der Waals surface area contributed by atoms with Crippen LogP contribution >= 0.6 is 0 Å². The van der Waals surface area contributed by atoms with E-state index in [2.05, 4.69) is 29.7 Å². The number of imidazole rings is 1. The summed E-state index contributed by atoms with van der Waals surface area (Å²) in [5.41, 5.74) is 3.06. The van der Waals surface area contributed by atoms with Crippen LogP contribution in [0.25, 0.3) is 11.0 Å². The number of para-hydroxylation sites is 4. The van der Waals surface area contributed by atoms with E-state index in [4.69, 9.17) is 9.72 Å². The quantitative estimate of drug-likeness (QED) is 0.185. The first-order valence-electron chi connectivity index (χ1n) is 14.6. The molecule has 3 aromatic rings. The van der Waals surface area contributed by atoms with E-state index in [-0.39, 0.29) is 11.8 Å². The van der Waals surface area contributed by atoms with Gasteiger partial charge in [0.05, 0.1) is 23.8 Å². The number of benzene rings is 2. The Morgan fingerprint density at radius 3 is 2.16 bits per heavy atom. The Kier molecular flexibility index (Phi) is 10.5. The van der Waals surface area contributed by atoms with Gasteiger partial charge in [-0.25, -0.2) is 4.98 Å². The summed E-state index contributed by atoms with van der Waals surface area (Å²) in [6.45, 7) is 3.89. The second-order valence-electron chi connectivity index (χ2n) is 10.6. The number of ether oxygens (including phenoxy) is 1. The van der Waals surface area contributed by atoms with Gasteiger partial charge in [-0.15, -0.1) is 0 Å². The topological polar surface area (TPSA) is 47.4 Å². The van der Waals surface area contributed by atoms with Gasteiger partial charge in [-0.3, -0.25) is 4.79 Å². The van der Waals surface area contributed by atoms with Crippen molar-refractivity contribution in [3.8, 4) is 5.75 Å². The van der Waals surface area contributed by atoms with Gasteiger partial charge in [0, 0.05) is 25.4 Å². The van der Waals surface area contributed by atoms with E-state index >= 15 is 0 Å². The Morgan fingerprint density at radius 2 is 1.46 bits per heavy atom. The van der Waals surface area contributed by atoms with Crippen LogP contribution in [0.4, 0.5) is 5.69 Å². The molecule has 200 valence electrons. The van der Waals surface area contributed by atoms with E-state index in [1.54, 1.807) is 7.11 Å². The molecule has 1 aromatic heterocycles. The molecule has 1 fully saturated rings. The molecule has 0 saturated carbocycles. The van der Waals surface area contributed by atoms with Crippen molar-refractivity contribution in [3.63, 3.8) is 0 Å². The minimum Gasteiger partial charge on any atom is -0.495 e. The average molecular weight is 504 g/mol. The van der Waals surface area contributed by atoms with E-state index in [0.29, 0.717) is 13.0 Å². The Morgan fingerprint density at radius 1 is 0.838 bits per heavy atom. The lowest BCUT2D eigenvalue weighted by Gasteiger charge is -2.19. The maximum atomic E-state index is 13.1. The largest absolute Gasteiger partial charge is 0.495 e. The van der Waals surface area contributed by atoms with Gasteiger partial charge in [-0.1, -0.05) is 102 Å². The molecule has 4 rings (SSSR count). The van der Waals surface area contributed by atoms with Crippen molar-refractivity contribution >= 4 is 22.6 Å². The lowest BCUT2D eigenvalue weighted by atomic mass is 10.1. The number of fused-ring (bicyclic) bond motifs is 1. The molecule has 1 saturated heterocycles. The van der Waals surface area contributed by atoms with Gasteiger partial charge in [-0.2, -0.15) is 0 Å². The molecular weight excluding hydrogens is 458 g/mol. The monoisotopic (exact) mass is 503 g/mol. The summed E-state index contributed by atoms with van der Waals surface area (Å²) < 4.78 is 7.91. The molecule has 1 aliphatic rings. The van der Waals surface area contributed by atoms with E-state index in [9.17, 15) is 4.79 Å². The smallest absolute Gasteiger partial charge is 0.227 e. The minimum atomic E-state index is 0.0853. The second-order valence-corrected chi connectivity index (χ2v) is 10.6. The molecule has 5 heteroatoms. The van der Waals surface area contributed by atoms with Crippen LogP contribution in [0, 0.1) is 0 Å². The molecule has 37 heavy (non-hydrogen) atoms. The first kappa shape index (κ1) is 27.2. The third-order valence-corrected chi connectivity index (χ3v) is 7.79. The highest BCUT2D eigenvalue weighted by atomic mass is 16.5. The molecule has 0 aliphatic carbocycles. The number of carbonyl (C=O) groups excluding carboxylic acids is 1. The van der Waals surface area contributed by atoms with Crippen LogP contribution in [0.3, 0.4) is 0 Å². The van der Waals surface area contributed by atoms with E-state index in [1.165, 1.54) is 76.1 Å². The summed E-state index contributed by atoms with van der Waals surface area (Å²) >= 11 is 0. The van der Waals surface area contributed by atoms with Crippen LogP contribution in [0.2, 0.25) is 0 Å². The molecule has 0 spiro atoms. The number of methoxy groups -OCH3 is 1. The van der Waals surface area contributed by atoms with Gasteiger partial charge in [0.15, 0.2) is 0 Å². The third kappa shape index (κ3) is 7.15. The zero-order valence-corrected chi connectivity index (χ0v) is 23.0. The fourth-order valence-electron chi connectivity index (χ4n) is 5.72. The molecule has 2 aromatic carbocycles. The van der Waals surface area contributed by atoms with Gasteiger partial charge >= 0.3 is 0 Å². The standard InChI is InChI=1S/C32H45N3O2/c1-3-4-5-6-7-8-9-10-11-12-13-18-23-34-28-20-15-14-19-27(28)33-32(34)26-24-31(36)35(25-26)29-21-16-17-22-30(29)37-2/h14-17,19-22,26H,3-13,18,23-25H2,1-2H3. The fourth-order valence-corrected chi connectivity index (χ4v) is 5.72. The predicted molar refractivity (Wildman–Crippen MR) is 154 cm³/mol. The van der Waals surface area contributed by atoms with Crippen molar-refractivity contribution in [1.29, 1.82) is 0 Å². The van der Waals surface area contributed by atoms with E-state index < -0.39 is 0 Å². The Bertz CT molecular complexity index is 1120. The number of nitrogens with zero attached hydrogens (tertiary/aromatic N) is 3. The molecule has 5 nitrogen and oxygen atoms in total. The van der Waals surface area contributed by atoms with E-state index in [1.807, 2.05) is 35.2 Å². The summed E-state index contributed by atoms with van der Waals surface area (Å²) in [4.78, 5) is 20.0. The zero-order valence-electron chi connectivity index (χ0n) is 23.0. The first-order chi connectivity index (χ1) is 18.2. The number of aromatic nitrogens is 2. The number of hydrogen-bond donors (Lipinski definition) is 0. The normalized spacial score (nSPS) is 15.7. The van der Waals surface area contributed by atoms with E-state index in [0.717, 1.165) is 35.7 Å². The summed E-state index contributed by atoms with van der Waals surface area (Å²) in [6, 6.07) is 16.2. The van der Waals surface area contributed by atoms with Crippen LogP contribution in [-0.4, -0.2) is 29.1 Å². The number of unbranched alkanes of at least 4 members (excludes halogenated alkanes) is 11. The fraction of sp³-hybridized carbons (Fsp3) is 0.562. The summed E-state index contributed by atoms with van der Waals surface area (Å²) in [5, 5.41) is 0. The van der Waals surface area contributed by atoms with Gasteiger partial charge < -0.3 is 14.2 Å². The third-order valence-electron chi connectivity index (χ3n) is 7.79. The van der Waals surface area contributed by atoms with Crippen molar-refractivity contribution in [2.24, 2.45) is 0 Å². The number of hydrogen-bond acceptors (Lipinski definition) is 3. The van der Waals surface area contributed by atoms with Crippen LogP contribution in [0.5, 0.6) is 5.75 Å². The molecule has 1 unspecified atom stereocenters. The molecule has 0 radical (unpaired) electrons. The first-order valence-corrected chi connectivity index (χ1v) is 14.6. The van der Waals surface area contributed by atoms with Gasteiger partial charge in [-0.05, 0) is 30.7 Å². The maximum Gasteiger partial charge on any atom is 0.227 e. The lowest BCUT2D eigenvalue weighted by Crippen LogP contribution is -2.25. The van der Waals surface area contributed by atoms with Crippen LogP contribution < -0.4 is 9.64 Å². The minimum absolute atomic E-state index is 0.0853. The molecule has 0 bridgehead atoms. The summed E-state index contributed by atoms with van der Waals surface area (Å²) in [5.74, 6) is 2.01. The van der Waals surface area contributed by atoms with Gasteiger partial charge in [0.25, 0.3) is 0 Å². The number of carbonyl (C=O) groups is 1. The number of rotatable bonds is 16. The molecule has 1 atom stereocenters. The van der Waals surface area contributed by atoms with Gasteiger partial charge in [0.1, 0.15) is 11.6 Å². The van der Waals surface area contributed by atoms with Crippen molar-refractivity contribution in [3.05, 3.63) is 54.4 Å². The maximum absolute atomic E-state index is 13.1. The predicted octanol–water partition coefficient (Wildman–Crippen LogP) is 8.27. The molecule has 1 aliphatic heterocycles. The number of amides is 1. The van der Waals surface area contributed by atoms with Crippen molar-refractivity contribution in [1.82, 2.24) is 9.55 Å². The molecular formula is C32H45N3O2. The van der Waals surface area contributed by atoms with Gasteiger partial charge in [0.2, 0.25) is 5.91 Å². The van der Waals surface area contributed by atoms with Crippen molar-refractivity contribution in [2.45, 2.75) is 103 Å². The highest BCUT2D eigenvalue weighted by molar-refractivity contribution is 5.97. The summed E-state index contributed by atoms with van der Waals surface area (Å²) in [7, 11) is 1.66.